The van der Waals surface area contributed by atoms with E-state index >= 15 is 0 Å². The van der Waals surface area contributed by atoms with Gasteiger partial charge in [-0.15, -0.1) is 11.3 Å². The van der Waals surface area contributed by atoms with E-state index in [4.69, 9.17) is 16.3 Å². The van der Waals surface area contributed by atoms with Crippen LogP contribution in [0.1, 0.15) is 28.1 Å². The van der Waals surface area contributed by atoms with Crippen LogP contribution in [0, 0.1) is 0 Å². The number of benzene rings is 1. The van der Waals surface area contributed by atoms with Gasteiger partial charge >= 0.3 is 5.97 Å². The third kappa shape index (κ3) is 4.86. The van der Waals surface area contributed by atoms with Gasteiger partial charge in [0.1, 0.15) is 4.88 Å². The summed E-state index contributed by atoms with van der Waals surface area (Å²) >= 11 is 6.86. The monoisotopic (exact) mass is 337 g/mol. The summed E-state index contributed by atoms with van der Waals surface area (Å²) in [5.41, 5.74) is 1.15. The predicted molar refractivity (Wildman–Crippen MR) is 87.5 cm³/mol. The number of hydrogen-bond donors (Lipinski definition) is 1. The lowest BCUT2D eigenvalue weighted by molar-refractivity contribution is -0.124. The molecule has 0 saturated heterocycles. The summed E-state index contributed by atoms with van der Waals surface area (Å²) in [6.45, 7) is 2.22. The Labute approximate surface area is 138 Å². The fraction of sp³-hybridized carbons (Fsp3) is 0.250. The highest BCUT2D eigenvalue weighted by molar-refractivity contribution is 7.17. The lowest BCUT2D eigenvalue weighted by atomic mass is 10.0. The Morgan fingerprint density at radius 3 is 2.59 bits per heavy atom. The smallest absolute Gasteiger partial charge is 0.348 e. The first-order valence-electron chi connectivity index (χ1n) is 6.80. The molecule has 1 heterocycles. The normalized spacial score (nSPS) is 11.7. The first-order chi connectivity index (χ1) is 10.6. The fourth-order valence-electron chi connectivity index (χ4n) is 1.84. The zero-order valence-electron chi connectivity index (χ0n) is 12.0. The molecule has 0 bridgehead atoms. The highest BCUT2D eigenvalue weighted by Crippen LogP contribution is 2.21. The van der Waals surface area contributed by atoms with Gasteiger partial charge in [0.05, 0.1) is 4.34 Å². The van der Waals surface area contributed by atoms with Gasteiger partial charge in [0.2, 0.25) is 0 Å². The summed E-state index contributed by atoms with van der Waals surface area (Å²) in [5.74, 6) is -0.668. The van der Waals surface area contributed by atoms with E-state index in [9.17, 15) is 9.59 Å². The second kappa shape index (κ2) is 7.96. The Morgan fingerprint density at radius 1 is 1.23 bits per heavy atom. The van der Waals surface area contributed by atoms with Gasteiger partial charge in [0, 0.05) is 6.54 Å². The van der Waals surface area contributed by atoms with Gasteiger partial charge in [0.15, 0.2) is 6.61 Å². The maximum Gasteiger partial charge on any atom is 0.348 e. The SMILES string of the molecule is C[C@@H](CNC(=O)COC(=O)c1ccc(Cl)s1)c1ccccc1. The lowest BCUT2D eigenvalue weighted by Gasteiger charge is -2.13. The third-order valence-corrected chi connectivity index (χ3v) is 4.29. The van der Waals surface area contributed by atoms with Crippen LogP contribution < -0.4 is 5.32 Å². The number of halogens is 1. The van der Waals surface area contributed by atoms with Crippen molar-refractivity contribution in [3.8, 4) is 0 Å². The average molecular weight is 338 g/mol. The van der Waals surface area contributed by atoms with Gasteiger partial charge in [0.25, 0.3) is 5.91 Å². The van der Waals surface area contributed by atoms with Crippen molar-refractivity contribution in [2.75, 3.05) is 13.2 Å². The highest BCUT2D eigenvalue weighted by Gasteiger charge is 2.13. The van der Waals surface area contributed by atoms with Crippen molar-refractivity contribution in [3.63, 3.8) is 0 Å². The number of ether oxygens (including phenoxy) is 1. The lowest BCUT2D eigenvalue weighted by Crippen LogP contribution is -2.31. The maximum absolute atomic E-state index is 11.7. The number of nitrogens with one attached hydrogen (secondary N) is 1. The molecule has 0 spiro atoms. The molecule has 4 nitrogen and oxygen atoms in total. The molecule has 22 heavy (non-hydrogen) atoms. The molecule has 0 saturated carbocycles. The standard InChI is InChI=1S/C16H16ClNO3S/c1-11(12-5-3-2-4-6-12)9-18-15(19)10-21-16(20)13-7-8-14(17)22-13/h2-8,11H,9-10H2,1H3,(H,18,19)/t11-/m0/s1. The van der Waals surface area contributed by atoms with E-state index in [0.29, 0.717) is 15.8 Å². The van der Waals surface area contributed by atoms with Crippen molar-refractivity contribution >= 4 is 34.8 Å². The van der Waals surface area contributed by atoms with Crippen LogP contribution in [0.3, 0.4) is 0 Å². The van der Waals surface area contributed by atoms with Crippen molar-refractivity contribution in [1.29, 1.82) is 0 Å². The van der Waals surface area contributed by atoms with Gasteiger partial charge in [-0.3, -0.25) is 4.79 Å². The largest absolute Gasteiger partial charge is 0.451 e. The van der Waals surface area contributed by atoms with Crippen LogP contribution in [0.15, 0.2) is 42.5 Å². The molecule has 1 aromatic heterocycles. The zero-order chi connectivity index (χ0) is 15.9. The second-order valence-corrected chi connectivity index (χ2v) is 6.51. The molecule has 2 rings (SSSR count). The molecule has 1 aromatic carbocycles. The Kier molecular flexibility index (Phi) is 5.98. The van der Waals surface area contributed by atoms with Gasteiger partial charge in [-0.2, -0.15) is 0 Å². The molecule has 6 heteroatoms. The Hall–Kier alpha value is -1.85. The van der Waals surface area contributed by atoms with E-state index in [1.54, 1.807) is 12.1 Å². The summed E-state index contributed by atoms with van der Waals surface area (Å²) in [5, 5.41) is 2.75. The Morgan fingerprint density at radius 2 is 1.95 bits per heavy atom. The molecule has 0 radical (unpaired) electrons. The van der Waals surface area contributed by atoms with Gasteiger partial charge < -0.3 is 10.1 Å². The van der Waals surface area contributed by atoms with Crippen LogP contribution in [0.5, 0.6) is 0 Å². The molecule has 0 aliphatic heterocycles. The van der Waals surface area contributed by atoms with E-state index in [1.807, 2.05) is 37.3 Å². The molecule has 0 fully saturated rings. The molecule has 116 valence electrons. The van der Waals surface area contributed by atoms with Crippen molar-refractivity contribution in [1.82, 2.24) is 5.32 Å². The topological polar surface area (TPSA) is 55.4 Å². The highest BCUT2D eigenvalue weighted by atomic mass is 35.5. The summed E-state index contributed by atoms with van der Waals surface area (Å²) in [4.78, 5) is 23.8. The van der Waals surface area contributed by atoms with Crippen LogP contribution in [-0.2, 0) is 9.53 Å². The van der Waals surface area contributed by atoms with Gasteiger partial charge in [-0.05, 0) is 23.6 Å². The fourth-order valence-corrected chi connectivity index (χ4v) is 2.78. The number of rotatable bonds is 6. The zero-order valence-corrected chi connectivity index (χ0v) is 13.6. The van der Waals surface area contributed by atoms with Crippen LogP contribution in [0.4, 0.5) is 0 Å². The number of carbonyl (C=O) groups is 2. The van der Waals surface area contributed by atoms with Crippen molar-refractivity contribution in [2.24, 2.45) is 0 Å². The van der Waals surface area contributed by atoms with E-state index < -0.39 is 5.97 Å². The first-order valence-corrected chi connectivity index (χ1v) is 8.00. The molecular formula is C16H16ClNO3S. The molecule has 0 unspecified atom stereocenters. The number of thiophene rings is 1. The van der Waals surface area contributed by atoms with Crippen LogP contribution in [-0.4, -0.2) is 25.0 Å². The van der Waals surface area contributed by atoms with Crippen molar-refractivity contribution < 1.29 is 14.3 Å². The number of hydrogen-bond acceptors (Lipinski definition) is 4. The quantitative estimate of drug-likeness (QED) is 0.821. The van der Waals surface area contributed by atoms with E-state index in [1.165, 1.54) is 0 Å². The van der Waals surface area contributed by atoms with E-state index in [2.05, 4.69) is 5.32 Å². The first kappa shape index (κ1) is 16.5. The molecule has 1 amide bonds. The average Bonchev–Trinajstić information content (AvgIpc) is 2.97. The van der Waals surface area contributed by atoms with Gasteiger partial charge in [-0.25, -0.2) is 4.79 Å². The molecule has 1 atom stereocenters. The predicted octanol–water partition coefficient (Wildman–Crippen LogP) is 3.48. The molecule has 0 aliphatic carbocycles. The summed E-state index contributed by atoms with van der Waals surface area (Å²) < 4.78 is 5.45. The third-order valence-electron chi connectivity index (χ3n) is 3.08. The number of carbonyl (C=O) groups excluding carboxylic acids is 2. The van der Waals surface area contributed by atoms with Gasteiger partial charge in [-0.1, -0.05) is 48.9 Å². The Bertz CT molecular complexity index is 642. The molecule has 0 aliphatic rings. The minimum Gasteiger partial charge on any atom is -0.451 e. The van der Waals surface area contributed by atoms with Crippen molar-refractivity contribution in [3.05, 3.63) is 57.2 Å². The molecular weight excluding hydrogens is 322 g/mol. The second-order valence-electron chi connectivity index (χ2n) is 4.80. The number of esters is 1. The van der Waals surface area contributed by atoms with Crippen LogP contribution in [0.25, 0.3) is 0 Å². The Balaban J connectivity index is 1.73. The van der Waals surface area contributed by atoms with E-state index in [-0.39, 0.29) is 18.4 Å². The molecule has 2 aromatic rings. The maximum atomic E-state index is 11.7. The van der Waals surface area contributed by atoms with Crippen LogP contribution >= 0.6 is 22.9 Å². The van der Waals surface area contributed by atoms with E-state index in [0.717, 1.165) is 16.9 Å². The minimum absolute atomic E-state index is 0.192. The minimum atomic E-state index is -0.539. The molecule has 1 N–H and O–H groups in total. The summed E-state index contributed by atoms with van der Waals surface area (Å²) in [7, 11) is 0. The summed E-state index contributed by atoms with van der Waals surface area (Å²) in [6, 6.07) is 13.1. The van der Waals surface area contributed by atoms with Crippen LogP contribution in [0.2, 0.25) is 4.34 Å². The summed E-state index contributed by atoms with van der Waals surface area (Å²) in [6.07, 6.45) is 0. The number of amides is 1. The van der Waals surface area contributed by atoms with Crippen molar-refractivity contribution in [2.45, 2.75) is 12.8 Å².